The fourth-order valence-corrected chi connectivity index (χ4v) is 3.56. The lowest BCUT2D eigenvalue weighted by atomic mass is 10.0. The van der Waals surface area contributed by atoms with Crippen molar-refractivity contribution in [2.75, 3.05) is 5.32 Å². The quantitative estimate of drug-likeness (QED) is 0.315. The SMILES string of the molecule is CCCCCCCCc1ccc(NC(=O)[C@@H](N)[C@@H](C)OP(O)(O)=S)cc1. The van der Waals surface area contributed by atoms with Crippen LogP contribution in [0.2, 0.25) is 0 Å². The number of unbranched alkanes of at least 4 members (excludes halogenated alkanes) is 5. The van der Waals surface area contributed by atoms with Crippen LogP contribution in [0.3, 0.4) is 0 Å². The number of carbonyl (C=O) groups is 1. The molecule has 5 N–H and O–H groups in total. The van der Waals surface area contributed by atoms with Gasteiger partial charge in [-0.25, -0.2) is 0 Å². The van der Waals surface area contributed by atoms with Crippen molar-refractivity contribution in [3.63, 3.8) is 0 Å². The molecule has 1 amide bonds. The molecule has 0 unspecified atom stereocenters. The summed E-state index contributed by atoms with van der Waals surface area (Å²) in [7, 11) is 0. The van der Waals surface area contributed by atoms with Gasteiger partial charge < -0.3 is 25.4 Å². The Balaban J connectivity index is 2.41. The average Bonchev–Trinajstić information content (AvgIpc) is 2.57. The van der Waals surface area contributed by atoms with Crippen LogP contribution in [0.4, 0.5) is 5.69 Å². The molecule has 1 aromatic rings. The number of amides is 1. The van der Waals surface area contributed by atoms with E-state index in [2.05, 4.69) is 24.0 Å². The molecule has 0 saturated carbocycles. The second kappa shape index (κ2) is 11.8. The fourth-order valence-electron chi connectivity index (χ4n) is 2.59. The highest BCUT2D eigenvalue weighted by atomic mass is 32.5. The molecule has 2 atom stereocenters. The van der Waals surface area contributed by atoms with Crippen molar-refractivity contribution in [1.29, 1.82) is 0 Å². The maximum atomic E-state index is 12.1. The lowest BCUT2D eigenvalue weighted by Crippen LogP contribution is -2.44. The van der Waals surface area contributed by atoms with Crippen molar-refractivity contribution in [3.05, 3.63) is 29.8 Å². The van der Waals surface area contributed by atoms with Gasteiger partial charge in [-0.3, -0.25) is 4.79 Å². The van der Waals surface area contributed by atoms with E-state index in [0.29, 0.717) is 5.69 Å². The van der Waals surface area contributed by atoms with E-state index < -0.39 is 24.8 Å². The Bertz CT molecular complexity index is 591. The molecule has 0 aliphatic heterocycles. The molecule has 0 heterocycles. The summed E-state index contributed by atoms with van der Waals surface area (Å²) in [6.07, 6.45) is 7.71. The van der Waals surface area contributed by atoms with E-state index in [1.54, 1.807) is 0 Å². The van der Waals surface area contributed by atoms with E-state index >= 15 is 0 Å². The van der Waals surface area contributed by atoms with Crippen molar-refractivity contribution in [1.82, 2.24) is 0 Å². The molecular formula is C18H31N2O4PS. The first-order valence-corrected chi connectivity index (χ1v) is 11.7. The molecule has 26 heavy (non-hydrogen) atoms. The lowest BCUT2D eigenvalue weighted by molar-refractivity contribution is -0.119. The van der Waals surface area contributed by atoms with E-state index in [-0.39, 0.29) is 0 Å². The zero-order valence-electron chi connectivity index (χ0n) is 15.6. The third-order valence-electron chi connectivity index (χ3n) is 4.15. The summed E-state index contributed by atoms with van der Waals surface area (Å²) in [5.74, 6) is -0.468. The predicted molar refractivity (Wildman–Crippen MR) is 109 cm³/mol. The Morgan fingerprint density at radius 1 is 1.19 bits per heavy atom. The number of hydrogen-bond acceptors (Lipinski definition) is 4. The Morgan fingerprint density at radius 2 is 1.77 bits per heavy atom. The van der Waals surface area contributed by atoms with Gasteiger partial charge >= 0.3 is 6.72 Å². The number of benzene rings is 1. The van der Waals surface area contributed by atoms with Crippen molar-refractivity contribution >= 4 is 30.1 Å². The van der Waals surface area contributed by atoms with Gasteiger partial charge in [-0.15, -0.1) is 0 Å². The summed E-state index contributed by atoms with van der Waals surface area (Å²) < 4.78 is 4.81. The summed E-state index contributed by atoms with van der Waals surface area (Å²) >= 11 is 4.39. The standard InChI is InChI=1S/C18H31N2O4PS/c1-3-4-5-6-7-8-9-15-10-12-16(13-11-15)20-18(21)17(19)14(2)24-25(22,23)26/h10-14,17H,3-9,19H2,1-2H3,(H,20,21)(H2,22,23,26)/t14-,17+/m1/s1. The Hall–Kier alpha value is -0.820. The minimum absolute atomic E-state index is 0.468. The number of hydrogen-bond donors (Lipinski definition) is 4. The highest BCUT2D eigenvalue weighted by Crippen LogP contribution is 2.38. The van der Waals surface area contributed by atoms with Crippen molar-refractivity contribution in [3.8, 4) is 0 Å². The molecule has 0 aliphatic carbocycles. The van der Waals surface area contributed by atoms with Crippen LogP contribution in [-0.2, 0) is 27.5 Å². The van der Waals surface area contributed by atoms with Crippen LogP contribution < -0.4 is 11.1 Å². The van der Waals surface area contributed by atoms with E-state index in [9.17, 15) is 4.79 Å². The Labute approximate surface area is 161 Å². The van der Waals surface area contributed by atoms with Gasteiger partial charge in [-0.2, -0.15) is 0 Å². The van der Waals surface area contributed by atoms with E-state index in [4.69, 9.17) is 20.0 Å². The minimum Gasteiger partial charge on any atom is -0.325 e. The van der Waals surface area contributed by atoms with Crippen molar-refractivity contribution in [2.24, 2.45) is 5.73 Å². The van der Waals surface area contributed by atoms with E-state index in [0.717, 1.165) is 6.42 Å². The van der Waals surface area contributed by atoms with Crippen LogP contribution in [0.15, 0.2) is 24.3 Å². The van der Waals surface area contributed by atoms with E-state index in [1.165, 1.54) is 51.0 Å². The largest absolute Gasteiger partial charge is 0.325 e. The number of aryl methyl sites for hydroxylation is 1. The zero-order valence-corrected chi connectivity index (χ0v) is 17.3. The molecule has 0 aromatic heterocycles. The van der Waals surface area contributed by atoms with Crippen LogP contribution in [0.1, 0.15) is 57.9 Å². The van der Waals surface area contributed by atoms with E-state index in [1.807, 2.05) is 24.3 Å². The van der Waals surface area contributed by atoms with Gasteiger partial charge in [0.05, 0.1) is 6.10 Å². The second-order valence-electron chi connectivity index (χ2n) is 6.53. The van der Waals surface area contributed by atoms with Crippen LogP contribution >= 0.6 is 6.72 Å². The third kappa shape index (κ3) is 9.76. The number of nitrogens with one attached hydrogen (secondary N) is 1. The Morgan fingerprint density at radius 3 is 2.35 bits per heavy atom. The average molecular weight is 402 g/mol. The first-order valence-electron chi connectivity index (χ1n) is 9.12. The number of rotatable bonds is 12. The third-order valence-corrected chi connectivity index (χ3v) is 5.02. The smallest absolute Gasteiger partial charge is 0.322 e. The van der Waals surface area contributed by atoms with Gasteiger partial charge in [0.2, 0.25) is 5.91 Å². The molecule has 0 aliphatic rings. The summed E-state index contributed by atoms with van der Waals surface area (Å²) in [5.41, 5.74) is 7.65. The minimum atomic E-state index is -3.85. The topological polar surface area (TPSA) is 105 Å². The predicted octanol–water partition coefficient (Wildman–Crippen LogP) is 3.47. The van der Waals surface area contributed by atoms with Crippen LogP contribution in [-0.4, -0.2) is 27.8 Å². The maximum Gasteiger partial charge on any atom is 0.322 e. The van der Waals surface area contributed by atoms with Crippen molar-refractivity contribution < 1.29 is 19.1 Å². The highest BCUT2D eigenvalue weighted by Gasteiger charge is 2.26. The molecular weight excluding hydrogens is 371 g/mol. The zero-order chi connectivity index (χ0) is 19.6. The number of carbonyl (C=O) groups excluding carboxylic acids is 1. The van der Waals surface area contributed by atoms with Gasteiger partial charge in [-0.1, -0.05) is 51.2 Å². The van der Waals surface area contributed by atoms with Crippen LogP contribution in [0, 0.1) is 0 Å². The molecule has 0 fully saturated rings. The van der Waals surface area contributed by atoms with Gasteiger partial charge in [0.15, 0.2) is 0 Å². The van der Waals surface area contributed by atoms with Gasteiger partial charge in [0, 0.05) is 5.69 Å². The molecule has 0 spiro atoms. The number of anilines is 1. The summed E-state index contributed by atoms with van der Waals surface area (Å²) in [4.78, 5) is 30.4. The van der Waals surface area contributed by atoms with Crippen LogP contribution in [0.5, 0.6) is 0 Å². The lowest BCUT2D eigenvalue weighted by Gasteiger charge is -2.21. The monoisotopic (exact) mass is 402 g/mol. The van der Waals surface area contributed by atoms with Gasteiger partial charge in [0.1, 0.15) is 6.04 Å². The summed E-state index contributed by atoms with van der Waals surface area (Å²) in [6.45, 7) is -0.162. The molecule has 148 valence electrons. The summed E-state index contributed by atoms with van der Waals surface area (Å²) in [6, 6.07) is 6.61. The molecule has 1 aromatic carbocycles. The molecule has 0 saturated heterocycles. The highest BCUT2D eigenvalue weighted by molar-refractivity contribution is 8.06. The van der Waals surface area contributed by atoms with Gasteiger partial charge in [-0.05, 0) is 49.3 Å². The fraction of sp³-hybridized carbons (Fsp3) is 0.611. The maximum absolute atomic E-state index is 12.1. The molecule has 6 nitrogen and oxygen atoms in total. The molecule has 1 rings (SSSR count). The molecule has 0 bridgehead atoms. The first kappa shape index (κ1) is 23.2. The van der Waals surface area contributed by atoms with Crippen LogP contribution in [0.25, 0.3) is 0 Å². The second-order valence-corrected chi connectivity index (χ2v) is 9.15. The molecule has 0 radical (unpaired) electrons. The molecule has 8 heteroatoms. The Kier molecular flexibility index (Phi) is 10.5. The number of nitrogens with two attached hydrogens (primary N) is 1. The summed E-state index contributed by atoms with van der Waals surface area (Å²) in [5, 5.41) is 2.70. The first-order chi connectivity index (χ1) is 12.2. The van der Waals surface area contributed by atoms with Crippen molar-refractivity contribution in [2.45, 2.75) is 70.9 Å². The van der Waals surface area contributed by atoms with Gasteiger partial charge in [0.25, 0.3) is 0 Å². The normalized spacial score (nSPS) is 14.0.